The quantitative estimate of drug-likeness (QED) is 0.611. The molecule has 1 rings (SSSR count). The molecule has 0 saturated carbocycles. The maximum Gasteiger partial charge on any atom is 0.195 e. The molecule has 0 radical (unpaired) electrons. The van der Waals surface area contributed by atoms with E-state index in [4.69, 9.17) is 16.2 Å². The van der Waals surface area contributed by atoms with Crippen LogP contribution < -0.4 is 16.8 Å². The number of nitrogens with one attached hydrogen (secondary N) is 1. The highest BCUT2D eigenvalue weighted by Crippen LogP contribution is 2.18. The van der Waals surface area contributed by atoms with E-state index in [1.165, 1.54) is 0 Å². The number of rotatable bonds is 5. The molecule has 0 fully saturated rings. The Bertz CT molecular complexity index is 275. The first-order valence-corrected chi connectivity index (χ1v) is 5.21. The Hall–Kier alpha value is -1.07. The van der Waals surface area contributed by atoms with Crippen molar-refractivity contribution in [1.29, 1.82) is 0 Å². The third kappa shape index (κ3) is 3.53. The second-order valence-corrected chi connectivity index (χ2v) is 3.78. The lowest BCUT2D eigenvalue weighted by atomic mass is 10.0. The number of hydrogen-bond acceptors (Lipinski definition) is 5. The molecule has 0 bridgehead atoms. The van der Waals surface area contributed by atoms with Crippen molar-refractivity contribution in [1.82, 2.24) is 5.32 Å². The smallest absolute Gasteiger partial charge is 0.195 e. The zero-order valence-electron chi connectivity index (χ0n) is 9.42. The third-order valence-corrected chi connectivity index (χ3v) is 2.27. The normalized spacial score (nSPS) is 25.5. The molecule has 0 aromatic carbocycles. The molecular formula is C10H20N4O. The Morgan fingerprint density at radius 1 is 1.60 bits per heavy atom. The van der Waals surface area contributed by atoms with E-state index in [0.29, 0.717) is 19.0 Å². The van der Waals surface area contributed by atoms with Crippen molar-refractivity contribution in [2.24, 2.45) is 16.5 Å². The van der Waals surface area contributed by atoms with Gasteiger partial charge in [-0.1, -0.05) is 13.3 Å². The van der Waals surface area contributed by atoms with Gasteiger partial charge < -0.3 is 21.5 Å². The number of ether oxygens (including phenoxy) is 1. The van der Waals surface area contributed by atoms with Crippen molar-refractivity contribution in [3.63, 3.8) is 0 Å². The molecule has 15 heavy (non-hydrogen) atoms. The van der Waals surface area contributed by atoms with Gasteiger partial charge in [-0.3, -0.25) is 0 Å². The lowest BCUT2D eigenvalue weighted by molar-refractivity contribution is 0.178. The minimum absolute atomic E-state index is 0.388. The SMILES string of the molecule is CCCC1=CC(N)(CCOC)N=C(N)N1. The number of nitrogens with two attached hydrogens (primary N) is 2. The molecule has 86 valence electrons. The topological polar surface area (TPSA) is 85.7 Å². The maximum atomic E-state index is 6.09. The van der Waals surface area contributed by atoms with Crippen molar-refractivity contribution in [3.05, 3.63) is 11.8 Å². The molecule has 0 spiro atoms. The van der Waals surface area contributed by atoms with Gasteiger partial charge in [0.1, 0.15) is 5.66 Å². The number of methoxy groups -OCH3 is 1. The summed E-state index contributed by atoms with van der Waals surface area (Å²) in [6, 6.07) is 0. The van der Waals surface area contributed by atoms with Crippen molar-refractivity contribution < 1.29 is 4.74 Å². The highest BCUT2D eigenvalue weighted by atomic mass is 16.5. The summed E-state index contributed by atoms with van der Waals surface area (Å²) in [5.74, 6) is 0.388. The van der Waals surface area contributed by atoms with Crippen LogP contribution in [0.5, 0.6) is 0 Å². The predicted octanol–water partition coefficient (Wildman–Crippen LogP) is 0.280. The fraction of sp³-hybridized carbons (Fsp3) is 0.700. The summed E-state index contributed by atoms with van der Waals surface area (Å²) in [4.78, 5) is 4.19. The molecule has 5 nitrogen and oxygen atoms in total. The summed E-state index contributed by atoms with van der Waals surface area (Å²) in [6.07, 6.45) is 4.56. The van der Waals surface area contributed by atoms with E-state index in [1.54, 1.807) is 7.11 Å². The molecule has 0 amide bonds. The number of hydrogen-bond donors (Lipinski definition) is 3. The highest BCUT2D eigenvalue weighted by molar-refractivity contribution is 5.81. The van der Waals surface area contributed by atoms with Crippen LogP contribution in [0.15, 0.2) is 16.8 Å². The number of allylic oxidation sites excluding steroid dienone is 1. The first-order chi connectivity index (χ1) is 7.09. The summed E-state index contributed by atoms with van der Waals surface area (Å²) in [6.45, 7) is 2.68. The van der Waals surface area contributed by atoms with Crippen LogP contribution in [0.2, 0.25) is 0 Å². The van der Waals surface area contributed by atoms with Gasteiger partial charge in [-0.05, 0) is 12.5 Å². The zero-order valence-corrected chi connectivity index (χ0v) is 9.42. The Morgan fingerprint density at radius 3 is 2.93 bits per heavy atom. The first-order valence-electron chi connectivity index (χ1n) is 5.21. The Balaban J connectivity index is 2.72. The molecule has 1 unspecified atom stereocenters. The highest BCUT2D eigenvalue weighted by Gasteiger charge is 2.25. The van der Waals surface area contributed by atoms with Gasteiger partial charge in [-0.15, -0.1) is 0 Å². The van der Waals surface area contributed by atoms with E-state index < -0.39 is 5.66 Å². The van der Waals surface area contributed by atoms with E-state index in [-0.39, 0.29) is 0 Å². The van der Waals surface area contributed by atoms with Gasteiger partial charge in [-0.25, -0.2) is 4.99 Å². The summed E-state index contributed by atoms with van der Waals surface area (Å²) < 4.78 is 5.00. The van der Waals surface area contributed by atoms with Crippen LogP contribution in [-0.4, -0.2) is 25.3 Å². The summed E-state index contributed by atoms with van der Waals surface area (Å²) in [5, 5.41) is 3.02. The van der Waals surface area contributed by atoms with Crippen molar-refractivity contribution in [2.75, 3.05) is 13.7 Å². The Kier molecular flexibility index (Phi) is 4.11. The molecule has 1 atom stereocenters. The summed E-state index contributed by atoms with van der Waals surface area (Å²) in [7, 11) is 1.65. The van der Waals surface area contributed by atoms with Crippen LogP contribution in [0.3, 0.4) is 0 Å². The number of nitrogens with zero attached hydrogens (tertiary/aromatic N) is 1. The second-order valence-electron chi connectivity index (χ2n) is 3.78. The van der Waals surface area contributed by atoms with Crippen LogP contribution in [0, 0.1) is 0 Å². The molecule has 5 N–H and O–H groups in total. The van der Waals surface area contributed by atoms with Gasteiger partial charge in [0.15, 0.2) is 5.96 Å². The first kappa shape index (κ1) is 12.0. The van der Waals surface area contributed by atoms with E-state index in [1.807, 2.05) is 6.08 Å². The maximum absolute atomic E-state index is 6.09. The lowest BCUT2D eigenvalue weighted by Crippen LogP contribution is -2.47. The van der Waals surface area contributed by atoms with Gasteiger partial charge in [-0.2, -0.15) is 0 Å². The van der Waals surface area contributed by atoms with Gasteiger partial charge in [0.05, 0.1) is 6.61 Å². The summed E-state index contributed by atoms with van der Waals surface area (Å²) in [5.41, 5.74) is 12.1. The standard InChI is InChI=1S/C10H20N4O/c1-3-4-8-7-10(12,5-6-15-2)14-9(11)13-8/h7H,3-6,12H2,1-2H3,(H3,11,13,14). The van der Waals surface area contributed by atoms with Crippen molar-refractivity contribution in [3.8, 4) is 0 Å². The van der Waals surface area contributed by atoms with Gasteiger partial charge >= 0.3 is 0 Å². The number of guanidine groups is 1. The fourth-order valence-electron chi connectivity index (χ4n) is 1.58. The average molecular weight is 212 g/mol. The minimum atomic E-state index is -0.712. The van der Waals surface area contributed by atoms with E-state index in [0.717, 1.165) is 18.5 Å². The lowest BCUT2D eigenvalue weighted by Gasteiger charge is -2.28. The largest absolute Gasteiger partial charge is 0.385 e. The average Bonchev–Trinajstić information content (AvgIpc) is 2.14. The molecule has 1 aliphatic rings. The van der Waals surface area contributed by atoms with E-state index in [2.05, 4.69) is 17.2 Å². The fourth-order valence-corrected chi connectivity index (χ4v) is 1.58. The molecular weight excluding hydrogens is 192 g/mol. The van der Waals surface area contributed by atoms with Gasteiger partial charge in [0.2, 0.25) is 0 Å². The van der Waals surface area contributed by atoms with E-state index in [9.17, 15) is 0 Å². The Labute approximate surface area is 90.6 Å². The molecule has 0 aromatic heterocycles. The minimum Gasteiger partial charge on any atom is -0.385 e. The molecule has 0 aromatic rings. The van der Waals surface area contributed by atoms with Crippen LogP contribution in [0.25, 0.3) is 0 Å². The Morgan fingerprint density at radius 2 is 2.33 bits per heavy atom. The van der Waals surface area contributed by atoms with Crippen molar-refractivity contribution in [2.45, 2.75) is 31.8 Å². The van der Waals surface area contributed by atoms with Crippen LogP contribution in [0.4, 0.5) is 0 Å². The molecule has 5 heteroatoms. The zero-order chi connectivity index (χ0) is 11.3. The monoisotopic (exact) mass is 212 g/mol. The van der Waals surface area contributed by atoms with Crippen LogP contribution in [0.1, 0.15) is 26.2 Å². The van der Waals surface area contributed by atoms with Gasteiger partial charge in [0.25, 0.3) is 0 Å². The predicted molar refractivity (Wildman–Crippen MR) is 61.2 cm³/mol. The second kappa shape index (κ2) is 5.14. The third-order valence-electron chi connectivity index (χ3n) is 2.27. The van der Waals surface area contributed by atoms with E-state index >= 15 is 0 Å². The van der Waals surface area contributed by atoms with Gasteiger partial charge in [0, 0.05) is 19.2 Å². The summed E-state index contributed by atoms with van der Waals surface area (Å²) >= 11 is 0. The molecule has 1 heterocycles. The van der Waals surface area contributed by atoms with Crippen molar-refractivity contribution >= 4 is 5.96 Å². The molecule has 0 aliphatic carbocycles. The molecule has 1 aliphatic heterocycles. The number of aliphatic imine (C=N–C) groups is 1. The van der Waals surface area contributed by atoms with Crippen LogP contribution >= 0.6 is 0 Å². The van der Waals surface area contributed by atoms with Crippen LogP contribution in [-0.2, 0) is 4.74 Å². The molecule has 0 saturated heterocycles.